The van der Waals surface area contributed by atoms with E-state index < -0.39 is 12.0 Å². The summed E-state index contributed by atoms with van der Waals surface area (Å²) < 4.78 is 5.18. The van der Waals surface area contributed by atoms with E-state index in [4.69, 9.17) is 4.74 Å². The predicted octanol–water partition coefficient (Wildman–Crippen LogP) is 1.94. The first-order valence-electron chi connectivity index (χ1n) is 8.21. The van der Waals surface area contributed by atoms with E-state index in [1.54, 1.807) is 23.5 Å². The first-order valence-corrected chi connectivity index (χ1v) is 9.96. The van der Waals surface area contributed by atoms with Crippen LogP contribution < -0.4 is 4.90 Å². The lowest BCUT2D eigenvalue weighted by molar-refractivity contribution is -0.155. The number of aromatic nitrogens is 1. The Labute approximate surface area is 159 Å². The van der Waals surface area contributed by atoms with Gasteiger partial charge in [0.1, 0.15) is 6.04 Å². The summed E-state index contributed by atoms with van der Waals surface area (Å²) in [6.07, 6.45) is 3.20. The molecule has 3 heterocycles. The van der Waals surface area contributed by atoms with Crippen LogP contribution >= 0.6 is 22.7 Å². The van der Waals surface area contributed by atoms with Gasteiger partial charge < -0.3 is 9.64 Å². The molecule has 1 aliphatic rings. The van der Waals surface area contributed by atoms with E-state index >= 15 is 0 Å². The van der Waals surface area contributed by atoms with Crippen molar-refractivity contribution in [2.45, 2.75) is 25.3 Å². The standard InChI is InChI=1S/C17H19N3O4S2/c1-19(17-18-6-9-26-17)15(22)11-24-16(23)13-5-2-7-20(13)14(21)10-12-4-3-8-25-12/h3-4,6,8-9,13H,2,5,7,10-11H2,1H3. The van der Waals surface area contributed by atoms with Crippen LogP contribution in [-0.4, -0.2) is 53.9 Å². The van der Waals surface area contributed by atoms with E-state index in [9.17, 15) is 14.4 Å². The van der Waals surface area contributed by atoms with Crippen LogP contribution in [0.2, 0.25) is 0 Å². The van der Waals surface area contributed by atoms with Crippen molar-refractivity contribution in [1.82, 2.24) is 9.88 Å². The smallest absolute Gasteiger partial charge is 0.329 e. The maximum Gasteiger partial charge on any atom is 0.329 e. The maximum absolute atomic E-state index is 12.5. The number of amides is 2. The van der Waals surface area contributed by atoms with Crippen molar-refractivity contribution < 1.29 is 19.1 Å². The van der Waals surface area contributed by atoms with Crippen LogP contribution in [0, 0.1) is 0 Å². The van der Waals surface area contributed by atoms with Crippen LogP contribution in [0.3, 0.4) is 0 Å². The highest BCUT2D eigenvalue weighted by Crippen LogP contribution is 2.21. The third-order valence-electron chi connectivity index (χ3n) is 4.17. The number of carbonyl (C=O) groups excluding carboxylic acids is 3. The number of nitrogens with zero attached hydrogens (tertiary/aromatic N) is 3. The van der Waals surface area contributed by atoms with Crippen molar-refractivity contribution in [3.63, 3.8) is 0 Å². The van der Waals surface area contributed by atoms with Gasteiger partial charge in [0.15, 0.2) is 11.7 Å². The van der Waals surface area contributed by atoms with Gasteiger partial charge >= 0.3 is 5.97 Å². The molecule has 26 heavy (non-hydrogen) atoms. The second-order valence-electron chi connectivity index (χ2n) is 5.88. The summed E-state index contributed by atoms with van der Waals surface area (Å²) in [6, 6.07) is 3.19. The molecule has 0 N–H and O–H groups in total. The minimum atomic E-state index is -0.611. The van der Waals surface area contributed by atoms with Gasteiger partial charge in [-0.15, -0.1) is 22.7 Å². The third-order valence-corrected chi connectivity index (χ3v) is 5.89. The Morgan fingerprint density at radius 3 is 2.88 bits per heavy atom. The van der Waals surface area contributed by atoms with E-state index in [1.165, 1.54) is 27.6 Å². The Bertz CT molecular complexity index is 761. The molecule has 2 amide bonds. The second-order valence-corrected chi connectivity index (χ2v) is 7.78. The van der Waals surface area contributed by atoms with Crippen molar-refractivity contribution in [1.29, 1.82) is 0 Å². The second kappa shape index (κ2) is 8.41. The highest BCUT2D eigenvalue weighted by atomic mass is 32.1. The SMILES string of the molecule is CN(C(=O)COC(=O)C1CCCN1C(=O)Cc1cccs1)c1nccs1. The van der Waals surface area contributed by atoms with Crippen molar-refractivity contribution in [3.05, 3.63) is 34.0 Å². The molecule has 0 bridgehead atoms. The van der Waals surface area contributed by atoms with Gasteiger partial charge in [0.25, 0.3) is 5.91 Å². The Kier molecular flexibility index (Phi) is 6.00. The highest BCUT2D eigenvalue weighted by molar-refractivity contribution is 7.13. The van der Waals surface area contributed by atoms with Gasteiger partial charge in [0.05, 0.1) is 6.42 Å². The first-order chi connectivity index (χ1) is 12.6. The number of thiophene rings is 1. The van der Waals surface area contributed by atoms with Crippen LogP contribution in [-0.2, 0) is 25.5 Å². The number of rotatable bonds is 6. The van der Waals surface area contributed by atoms with Gasteiger partial charge in [0.2, 0.25) is 5.91 Å². The quantitative estimate of drug-likeness (QED) is 0.701. The molecule has 3 rings (SSSR count). The number of carbonyl (C=O) groups is 3. The number of ether oxygens (including phenoxy) is 1. The zero-order chi connectivity index (χ0) is 18.5. The van der Waals surface area contributed by atoms with Crippen LogP contribution in [0.25, 0.3) is 0 Å². The van der Waals surface area contributed by atoms with Gasteiger partial charge in [0, 0.05) is 30.0 Å². The summed E-state index contributed by atoms with van der Waals surface area (Å²) in [6.45, 7) is 0.176. The number of thiazole rings is 1. The van der Waals surface area contributed by atoms with Crippen molar-refractivity contribution in [3.8, 4) is 0 Å². The van der Waals surface area contributed by atoms with E-state index in [-0.39, 0.29) is 24.8 Å². The van der Waals surface area contributed by atoms with E-state index in [1.807, 2.05) is 17.5 Å². The molecule has 0 spiro atoms. The molecule has 9 heteroatoms. The summed E-state index contributed by atoms with van der Waals surface area (Å²) in [5.41, 5.74) is 0. The number of esters is 1. The van der Waals surface area contributed by atoms with Crippen molar-refractivity contribution >= 4 is 45.6 Å². The van der Waals surface area contributed by atoms with Gasteiger partial charge in [-0.25, -0.2) is 9.78 Å². The fourth-order valence-electron chi connectivity index (χ4n) is 2.79. The van der Waals surface area contributed by atoms with Crippen molar-refractivity contribution in [2.75, 3.05) is 25.1 Å². The maximum atomic E-state index is 12.5. The van der Waals surface area contributed by atoms with E-state index in [0.29, 0.717) is 18.1 Å². The summed E-state index contributed by atoms with van der Waals surface area (Å²) in [4.78, 5) is 44.9. The number of likely N-dealkylation sites (tertiary alicyclic amines) is 1. The van der Waals surface area contributed by atoms with Gasteiger partial charge in [-0.3, -0.25) is 14.5 Å². The summed E-state index contributed by atoms with van der Waals surface area (Å²) in [7, 11) is 1.58. The lowest BCUT2D eigenvalue weighted by atomic mass is 10.2. The molecule has 7 nitrogen and oxygen atoms in total. The Morgan fingerprint density at radius 2 is 2.19 bits per heavy atom. The Morgan fingerprint density at radius 1 is 1.35 bits per heavy atom. The fourth-order valence-corrected chi connectivity index (χ4v) is 4.11. The lowest BCUT2D eigenvalue weighted by Gasteiger charge is -2.23. The molecule has 2 aromatic rings. The molecule has 0 radical (unpaired) electrons. The number of hydrogen-bond acceptors (Lipinski definition) is 7. The largest absolute Gasteiger partial charge is 0.454 e. The molecule has 1 saturated heterocycles. The van der Waals surface area contributed by atoms with Crippen LogP contribution in [0.15, 0.2) is 29.1 Å². The van der Waals surface area contributed by atoms with Crippen LogP contribution in [0.5, 0.6) is 0 Å². The Hall–Kier alpha value is -2.26. The minimum Gasteiger partial charge on any atom is -0.454 e. The molecule has 1 aliphatic heterocycles. The number of hydrogen-bond donors (Lipinski definition) is 0. The molecule has 0 saturated carbocycles. The molecule has 2 aromatic heterocycles. The average Bonchev–Trinajstić information content (AvgIpc) is 3.40. The minimum absolute atomic E-state index is 0.0851. The summed E-state index contributed by atoms with van der Waals surface area (Å²) in [5, 5.41) is 4.23. The topological polar surface area (TPSA) is 79.8 Å². The molecule has 1 atom stereocenters. The zero-order valence-electron chi connectivity index (χ0n) is 14.3. The average molecular weight is 393 g/mol. The summed E-state index contributed by atoms with van der Waals surface area (Å²) >= 11 is 2.84. The Balaban J connectivity index is 1.53. The molecule has 1 fully saturated rings. The highest BCUT2D eigenvalue weighted by Gasteiger charge is 2.35. The molecule has 138 valence electrons. The number of likely N-dealkylation sites (N-methyl/N-ethyl adjacent to an activating group) is 1. The van der Waals surface area contributed by atoms with Crippen LogP contribution in [0.4, 0.5) is 5.13 Å². The van der Waals surface area contributed by atoms with Gasteiger partial charge in [-0.2, -0.15) is 0 Å². The third kappa shape index (κ3) is 4.28. The van der Waals surface area contributed by atoms with Gasteiger partial charge in [-0.1, -0.05) is 6.07 Å². The fraction of sp³-hybridized carbons (Fsp3) is 0.412. The first kappa shape index (κ1) is 18.5. The van der Waals surface area contributed by atoms with E-state index in [0.717, 1.165) is 11.3 Å². The lowest BCUT2D eigenvalue weighted by Crippen LogP contribution is -2.43. The molecular weight excluding hydrogens is 374 g/mol. The molecule has 1 unspecified atom stereocenters. The zero-order valence-corrected chi connectivity index (χ0v) is 15.9. The van der Waals surface area contributed by atoms with E-state index in [2.05, 4.69) is 4.98 Å². The predicted molar refractivity (Wildman–Crippen MR) is 99.2 cm³/mol. The van der Waals surface area contributed by atoms with Gasteiger partial charge in [-0.05, 0) is 24.3 Å². The van der Waals surface area contributed by atoms with Crippen molar-refractivity contribution in [2.24, 2.45) is 0 Å². The monoisotopic (exact) mass is 393 g/mol. The molecular formula is C17H19N3O4S2. The van der Waals surface area contributed by atoms with Crippen LogP contribution in [0.1, 0.15) is 17.7 Å². The summed E-state index contributed by atoms with van der Waals surface area (Å²) in [5.74, 6) is -0.969. The number of anilines is 1. The molecule has 0 aromatic carbocycles. The normalized spacial score (nSPS) is 16.5. The molecule has 0 aliphatic carbocycles.